The largest absolute Gasteiger partial charge is 0.442 e. The molecule has 27 heavy (non-hydrogen) atoms. The van der Waals surface area contributed by atoms with Crippen LogP contribution in [-0.2, 0) is 27.0 Å². The van der Waals surface area contributed by atoms with Gasteiger partial charge in [-0.25, -0.2) is 13.1 Å². The Morgan fingerprint density at radius 1 is 1.15 bits per heavy atom. The summed E-state index contributed by atoms with van der Waals surface area (Å²) in [7, 11) is -3.52. The number of hydrogen-bond acceptors (Lipinski definition) is 5. The van der Waals surface area contributed by atoms with Gasteiger partial charge < -0.3 is 4.74 Å². The number of sulfonamides is 1. The second-order valence-electron chi connectivity index (χ2n) is 7.66. The van der Waals surface area contributed by atoms with Crippen LogP contribution in [0.2, 0.25) is 0 Å². The molecule has 148 valence electrons. The summed E-state index contributed by atoms with van der Waals surface area (Å²) in [4.78, 5) is 0. The van der Waals surface area contributed by atoms with Gasteiger partial charge in [-0.15, -0.1) is 10.2 Å². The van der Waals surface area contributed by atoms with Crippen LogP contribution in [0.4, 0.5) is 13.2 Å². The van der Waals surface area contributed by atoms with E-state index in [-0.39, 0.29) is 29.4 Å². The molecule has 6 nitrogen and oxygen atoms in total. The van der Waals surface area contributed by atoms with Crippen LogP contribution in [0.5, 0.6) is 0 Å². The molecule has 2 saturated heterocycles. The van der Waals surface area contributed by atoms with Gasteiger partial charge in [0.15, 0.2) is 0 Å². The average Bonchev–Trinajstić information content (AvgIpc) is 3.43. The Bertz CT molecular complexity index is 825. The molecule has 1 aromatic rings. The molecule has 3 aliphatic heterocycles. The second kappa shape index (κ2) is 6.25. The molecule has 5 rings (SSSR count). The SMILES string of the molecule is O=S(=O)(CC12CCC(CC1)OC2)NCc1ccc(C2(C(F)(F)F)N=N2)cc1. The van der Waals surface area contributed by atoms with Gasteiger partial charge in [0, 0.05) is 17.5 Å². The van der Waals surface area contributed by atoms with Gasteiger partial charge in [0.1, 0.15) is 0 Å². The van der Waals surface area contributed by atoms with Gasteiger partial charge >= 0.3 is 11.8 Å². The maximum Gasteiger partial charge on any atom is 0.442 e. The molecule has 10 heteroatoms. The fourth-order valence-electron chi connectivity index (χ4n) is 3.94. The van der Waals surface area contributed by atoms with Crippen molar-refractivity contribution in [2.75, 3.05) is 12.4 Å². The third-order valence-electron chi connectivity index (χ3n) is 5.66. The van der Waals surface area contributed by atoms with E-state index in [0.717, 1.165) is 25.7 Å². The lowest BCUT2D eigenvalue weighted by Gasteiger charge is -2.45. The number of ether oxygens (including phenoxy) is 1. The van der Waals surface area contributed by atoms with Crippen LogP contribution in [0, 0.1) is 5.41 Å². The highest BCUT2D eigenvalue weighted by molar-refractivity contribution is 7.89. The molecule has 0 unspecified atom stereocenters. The van der Waals surface area contributed by atoms with E-state index in [1.54, 1.807) is 0 Å². The normalized spacial score (nSPS) is 29.1. The molecule has 4 aliphatic rings. The van der Waals surface area contributed by atoms with Gasteiger partial charge in [0.2, 0.25) is 10.0 Å². The van der Waals surface area contributed by atoms with E-state index >= 15 is 0 Å². The van der Waals surface area contributed by atoms with E-state index < -0.39 is 21.9 Å². The van der Waals surface area contributed by atoms with Crippen molar-refractivity contribution in [3.8, 4) is 0 Å². The van der Waals surface area contributed by atoms with E-state index in [2.05, 4.69) is 15.0 Å². The summed E-state index contributed by atoms with van der Waals surface area (Å²) in [5, 5.41) is 6.31. The van der Waals surface area contributed by atoms with Crippen LogP contribution in [0.1, 0.15) is 36.8 Å². The quantitative estimate of drug-likeness (QED) is 0.792. The van der Waals surface area contributed by atoms with E-state index in [0.29, 0.717) is 12.2 Å². The molecule has 0 atom stereocenters. The minimum atomic E-state index is -4.57. The molecular formula is C17H20F3N3O3S. The smallest absolute Gasteiger partial charge is 0.378 e. The first kappa shape index (κ1) is 18.8. The average molecular weight is 403 g/mol. The molecule has 1 aromatic carbocycles. The highest BCUT2D eigenvalue weighted by atomic mass is 32.2. The van der Waals surface area contributed by atoms with Crippen LogP contribution in [0.3, 0.4) is 0 Å². The zero-order valence-electron chi connectivity index (χ0n) is 14.5. The Hall–Kier alpha value is -1.52. The highest BCUT2D eigenvalue weighted by Gasteiger charge is 2.65. The predicted molar refractivity (Wildman–Crippen MR) is 90.3 cm³/mol. The first-order chi connectivity index (χ1) is 12.6. The summed E-state index contributed by atoms with van der Waals surface area (Å²) in [5.41, 5.74) is -2.28. The molecule has 3 fully saturated rings. The van der Waals surface area contributed by atoms with E-state index in [1.165, 1.54) is 24.3 Å². The minimum absolute atomic E-state index is 0.0136. The molecule has 0 radical (unpaired) electrons. The number of rotatable bonds is 6. The third kappa shape index (κ3) is 3.62. The van der Waals surface area contributed by atoms with Crippen molar-refractivity contribution in [1.29, 1.82) is 0 Å². The number of benzene rings is 1. The van der Waals surface area contributed by atoms with Crippen LogP contribution in [0.25, 0.3) is 0 Å². The molecular weight excluding hydrogens is 383 g/mol. The van der Waals surface area contributed by atoms with E-state index in [9.17, 15) is 21.6 Å². The van der Waals surface area contributed by atoms with Crippen LogP contribution >= 0.6 is 0 Å². The van der Waals surface area contributed by atoms with E-state index in [4.69, 9.17) is 4.74 Å². The molecule has 0 aromatic heterocycles. The van der Waals surface area contributed by atoms with Crippen LogP contribution in [0.15, 0.2) is 34.5 Å². The third-order valence-corrected chi connectivity index (χ3v) is 7.24. The van der Waals surface area contributed by atoms with E-state index in [1.807, 2.05) is 0 Å². The Kier molecular flexibility index (Phi) is 4.36. The van der Waals surface area contributed by atoms with Gasteiger partial charge in [0.05, 0.1) is 18.5 Å². The maximum absolute atomic E-state index is 13.0. The lowest BCUT2D eigenvalue weighted by atomic mass is 9.73. The van der Waals surface area contributed by atoms with Gasteiger partial charge in [0.25, 0.3) is 0 Å². The molecule has 3 heterocycles. The van der Waals surface area contributed by atoms with Gasteiger partial charge in [-0.2, -0.15) is 13.2 Å². The lowest BCUT2D eigenvalue weighted by Crippen LogP contribution is -2.48. The first-order valence-electron chi connectivity index (χ1n) is 8.82. The zero-order chi connectivity index (χ0) is 19.3. The Morgan fingerprint density at radius 3 is 2.26 bits per heavy atom. The van der Waals surface area contributed by atoms with Gasteiger partial charge in [-0.3, -0.25) is 0 Å². The fraction of sp³-hybridized carbons (Fsp3) is 0.647. The number of hydrogen-bond donors (Lipinski definition) is 1. The Morgan fingerprint density at radius 2 is 1.78 bits per heavy atom. The summed E-state index contributed by atoms with van der Waals surface area (Å²) in [5.74, 6) is 0.0136. The molecule has 1 aliphatic carbocycles. The van der Waals surface area contributed by atoms with Crippen molar-refractivity contribution < 1.29 is 26.3 Å². The molecule has 1 saturated carbocycles. The number of alkyl halides is 3. The minimum Gasteiger partial charge on any atom is -0.378 e. The summed E-state index contributed by atoms with van der Waals surface area (Å²) >= 11 is 0. The van der Waals surface area contributed by atoms with Crippen molar-refractivity contribution in [2.24, 2.45) is 15.6 Å². The fourth-order valence-corrected chi connectivity index (χ4v) is 5.61. The number of fused-ring (bicyclic) bond motifs is 3. The van der Waals surface area contributed by atoms with Crippen LogP contribution in [-0.4, -0.2) is 33.1 Å². The molecule has 0 amide bonds. The molecule has 2 bridgehead atoms. The lowest BCUT2D eigenvalue weighted by molar-refractivity contribution is -0.166. The Labute approximate surface area is 155 Å². The first-order valence-corrected chi connectivity index (χ1v) is 10.5. The predicted octanol–water partition coefficient (Wildman–Crippen LogP) is 3.25. The summed E-state index contributed by atoms with van der Waals surface area (Å²) in [6, 6.07) is 5.49. The van der Waals surface area contributed by atoms with Crippen LogP contribution < -0.4 is 4.72 Å². The summed E-state index contributed by atoms with van der Waals surface area (Å²) in [6.07, 6.45) is -0.816. The number of nitrogens with one attached hydrogen (secondary N) is 1. The van der Waals surface area contributed by atoms with Crippen molar-refractivity contribution in [2.45, 2.75) is 50.2 Å². The van der Waals surface area contributed by atoms with Crippen molar-refractivity contribution >= 4 is 10.0 Å². The van der Waals surface area contributed by atoms with Gasteiger partial charge in [-0.1, -0.05) is 24.3 Å². The highest BCUT2D eigenvalue weighted by Crippen LogP contribution is 2.52. The second-order valence-corrected chi connectivity index (χ2v) is 9.46. The topological polar surface area (TPSA) is 80.1 Å². The van der Waals surface area contributed by atoms with Crippen molar-refractivity contribution in [3.63, 3.8) is 0 Å². The number of nitrogens with zero attached hydrogens (tertiary/aromatic N) is 2. The summed E-state index contributed by atoms with van der Waals surface area (Å²) < 4.78 is 72.1. The molecule has 1 N–H and O–H groups in total. The Balaban J connectivity index is 1.37. The van der Waals surface area contributed by atoms with Gasteiger partial charge in [-0.05, 0) is 31.2 Å². The molecule has 0 spiro atoms. The number of halogens is 3. The monoisotopic (exact) mass is 403 g/mol. The zero-order valence-corrected chi connectivity index (χ0v) is 15.3. The maximum atomic E-state index is 13.0. The van der Waals surface area contributed by atoms with Crippen molar-refractivity contribution in [3.05, 3.63) is 35.4 Å². The standard InChI is InChI=1S/C17H20F3N3O3S/c18-17(19,20)16(22-23-16)13-3-1-12(2-4-13)9-21-27(24,25)11-15-7-5-14(6-8-15)26-10-15/h1-4,14,21H,5-11H2. The summed E-state index contributed by atoms with van der Waals surface area (Å²) in [6.45, 7) is 0.495. The van der Waals surface area contributed by atoms with Crippen molar-refractivity contribution in [1.82, 2.24) is 4.72 Å².